The normalized spacial score (nSPS) is 10.6. The average Bonchev–Trinajstić information content (AvgIpc) is 3.10. The number of halogens is 1. The lowest BCUT2D eigenvalue weighted by Gasteiger charge is -2.07. The summed E-state index contributed by atoms with van der Waals surface area (Å²) in [5.41, 5.74) is 0.570. The number of carbonyl (C=O) groups excluding carboxylic acids is 2. The van der Waals surface area contributed by atoms with Gasteiger partial charge in [-0.15, -0.1) is 15.3 Å². The summed E-state index contributed by atoms with van der Waals surface area (Å²) in [5.74, 6) is -0.981. The van der Waals surface area contributed by atoms with Gasteiger partial charge in [-0.3, -0.25) is 4.79 Å². The zero-order chi connectivity index (χ0) is 15.7. The lowest BCUT2D eigenvalue weighted by atomic mass is 10.2. The monoisotopic (exact) mass is 337 g/mol. The minimum Gasteiger partial charge on any atom is -0.465 e. The molecule has 2 aromatic heterocycles. The molecule has 1 aromatic carbocycles. The molecule has 0 atom stereocenters. The number of carbonyl (C=O) groups is 2. The molecule has 0 spiro atoms. The number of hydrogen-bond donors (Lipinski definition) is 1. The van der Waals surface area contributed by atoms with Gasteiger partial charge in [-0.25, -0.2) is 4.79 Å². The molecule has 10 heteroatoms. The molecule has 0 fully saturated rings. The number of nitrogens with zero attached hydrogens (tertiary/aromatic N) is 4. The molecule has 0 bridgehead atoms. The molecule has 112 valence electrons. The van der Waals surface area contributed by atoms with Crippen molar-refractivity contribution in [2.75, 3.05) is 12.4 Å². The highest BCUT2D eigenvalue weighted by Gasteiger charge is 2.16. The fourth-order valence-electron chi connectivity index (χ4n) is 1.69. The fourth-order valence-corrected chi connectivity index (χ4v) is 2.57. The van der Waals surface area contributed by atoms with Crippen LogP contribution in [0.25, 0.3) is 4.96 Å². The molecule has 3 aromatic rings. The van der Waals surface area contributed by atoms with Crippen LogP contribution in [0.15, 0.2) is 24.5 Å². The van der Waals surface area contributed by atoms with Crippen LogP contribution in [0.4, 0.5) is 5.69 Å². The fraction of sp³-hybridized carbons (Fsp3) is 0.0833. The summed E-state index contributed by atoms with van der Waals surface area (Å²) in [6.07, 6.45) is 1.40. The van der Waals surface area contributed by atoms with Crippen molar-refractivity contribution < 1.29 is 14.3 Å². The van der Waals surface area contributed by atoms with Crippen LogP contribution in [-0.2, 0) is 4.74 Å². The Bertz CT molecular complexity index is 846. The van der Waals surface area contributed by atoms with Crippen LogP contribution in [0, 0.1) is 0 Å². The Hall–Kier alpha value is -2.52. The maximum Gasteiger partial charge on any atom is 0.337 e. The number of anilines is 1. The first-order chi connectivity index (χ1) is 10.6. The van der Waals surface area contributed by atoms with Crippen molar-refractivity contribution in [1.82, 2.24) is 19.8 Å². The molecule has 22 heavy (non-hydrogen) atoms. The van der Waals surface area contributed by atoms with Crippen molar-refractivity contribution in [1.29, 1.82) is 0 Å². The van der Waals surface area contributed by atoms with Gasteiger partial charge < -0.3 is 10.1 Å². The van der Waals surface area contributed by atoms with E-state index in [4.69, 9.17) is 11.6 Å². The third-order valence-corrected chi connectivity index (χ3v) is 3.96. The van der Waals surface area contributed by atoms with Gasteiger partial charge >= 0.3 is 5.97 Å². The summed E-state index contributed by atoms with van der Waals surface area (Å²) in [6.45, 7) is 0. The molecular weight excluding hydrogens is 330 g/mol. The van der Waals surface area contributed by atoms with E-state index in [-0.39, 0.29) is 10.6 Å². The van der Waals surface area contributed by atoms with Crippen LogP contribution in [0.3, 0.4) is 0 Å². The van der Waals surface area contributed by atoms with Gasteiger partial charge in [-0.05, 0) is 18.2 Å². The van der Waals surface area contributed by atoms with Gasteiger partial charge in [0.2, 0.25) is 9.97 Å². The second-order valence-electron chi connectivity index (χ2n) is 4.11. The molecular formula is C12H8ClN5O3S. The lowest BCUT2D eigenvalue weighted by Crippen LogP contribution is -2.13. The number of amides is 1. The molecule has 0 unspecified atom stereocenters. The van der Waals surface area contributed by atoms with E-state index >= 15 is 0 Å². The van der Waals surface area contributed by atoms with Crippen molar-refractivity contribution in [2.24, 2.45) is 0 Å². The van der Waals surface area contributed by atoms with Gasteiger partial charge in [0.05, 0.1) is 23.4 Å². The van der Waals surface area contributed by atoms with E-state index in [1.165, 1.54) is 36.2 Å². The Balaban J connectivity index is 1.87. The molecule has 2 heterocycles. The summed E-state index contributed by atoms with van der Waals surface area (Å²) in [7, 11) is 1.27. The number of fused-ring (bicyclic) bond motifs is 1. The first-order valence-corrected chi connectivity index (χ1v) is 7.14. The first-order valence-electron chi connectivity index (χ1n) is 5.94. The van der Waals surface area contributed by atoms with Crippen molar-refractivity contribution in [3.63, 3.8) is 0 Å². The first kappa shape index (κ1) is 14.4. The number of benzene rings is 1. The molecule has 1 N–H and O–H groups in total. The largest absolute Gasteiger partial charge is 0.465 e. The van der Waals surface area contributed by atoms with E-state index in [2.05, 4.69) is 25.3 Å². The van der Waals surface area contributed by atoms with E-state index in [1.54, 1.807) is 0 Å². The smallest absolute Gasteiger partial charge is 0.337 e. The van der Waals surface area contributed by atoms with Crippen molar-refractivity contribution >= 4 is 45.5 Å². The molecule has 1 amide bonds. The van der Waals surface area contributed by atoms with Crippen LogP contribution in [0.2, 0.25) is 5.02 Å². The molecule has 0 aliphatic rings. The van der Waals surface area contributed by atoms with Crippen LogP contribution >= 0.6 is 22.9 Å². The predicted octanol–water partition coefficient (Wildman–Crippen LogP) is 1.88. The minimum atomic E-state index is -0.522. The zero-order valence-electron chi connectivity index (χ0n) is 11.1. The van der Waals surface area contributed by atoms with Crippen molar-refractivity contribution in [3.05, 3.63) is 40.1 Å². The van der Waals surface area contributed by atoms with Crippen LogP contribution in [0.1, 0.15) is 20.2 Å². The number of hydrogen-bond acceptors (Lipinski definition) is 7. The van der Waals surface area contributed by atoms with Crippen LogP contribution in [0.5, 0.6) is 0 Å². The molecule has 0 saturated heterocycles. The Morgan fingerprint density at radius 1 is 1.41 bits per heavy atom. The van der Waals surface area contributed by atoms with Gasteiger partial charge in [-0.2, -0.15) is 4.52 Å². The Morgan fingerprint density at radius 2 is 2.23 bits per heavy atom. The van der Waals surface area contributed by atoms with E-state index in [1.807, 2.05) is 0 Å². The molecule has 0 radical (unpaired) electrons. The Labute approximate surface area is 132 Å². The predicted molar refractivity (Wildman–Crippen MR) is 79.4 cm³/mol. The van der Waals surface area contributed by atoms with Crippen LogP contribution < -0.4 is 5.32 Å². The number of aromatic nitrogens is 4. The highest BCUT2D eigenvalue weighted by molar-refractivity contribution is 7.18. The number of esters is 1. The second kappa shape index (κ2) is 5.70. The summed E-state index contributed by atoms with van der Waals surface area (Å²) in [5, 5.41) is 14.6. The third kappa shape index (κ3) is 2.63. The number of rotatable bonds is 3. The molecule has 8 nitrogen and oxygen atoms in total. The highest BCUT2D eigenvalue weighted by atomic mass is 35.5. The molecule has 0 aliphatic heterocycles. The van der Waals surface area contributed by atoms with E-state index in [9.17, 15) is 9.59 Å². The summed E-state index contributed by atoms with van der Waals surface area (Å²) >= 11 is 7.11. The molecule has 0 aliphatic carbocycles. The standard InChI is InChI=1S/C12H8ClN5O3S/c1-21-11(20)6-2-3-7(13)8(4-6)15-9(19)10-17-18-5-14-16-12(18)22-10/h2-5H,1H3,(H,15,19). The summed E-state index contributed by atoms with van der Waals surface area (Å²) in [4.78, 5) is 24.2. The zero-order valence-corrected chi connectivity index (χ0v) is 12.7. The number of methoxy groups -OCH3 is 1. The van der Waals surface area contributed by atoms with Crippen molar-refractivity contribution in [3.8, 4) is 0 Å². The lowest BCUT2D eigenvalue weighted by molar-refractivity contribution is 0.0600. The Kier molecular flexibility index (Phi) is 3.73. The van der Waals surface area contributed by atoms with Crippen molar-refractivity contribution in [2.45, 2.75) is 0 Å². The quantitative estimate of drug-likeness (QED) is 0.733. The molecule has 3 rings (SSSR count). The van der Waals surface area contributed by atoms with E-state index in [0.29, 0.717) is 15.7 Å². The highest BCUT2D eigenvalue weighted by Crippen LogP contribution is 2.24. The maximum atomic E-state index is 12.2. The molecule has 0 saturated carbocycles. The van der Waals surface area contributed by atoms with E-state index in [0.717, 1.165) is 11.3 Å². The summed E-state index contributed by atoms with van der Waals surface area (Å²) < 4.78 is 6.02. The maximum absolute atomic E-state index is 12.2. The third-order valence-electron chi connectivity index (χ3n) is 2.72. The van der Waals surface area contributed by atoms with Gasteiger partial charge in [0.1, 0.15) is 6.33 Å². The second-order valence-corrected chi connectivity index (χ2v) is 5.47. The van der Waals surface area contributed by atoms with Gasteiger partial charge in [0.25, 0.3) is 5.91 Å². The topological polar surface area (TPSA) is 98.5 Å². The van der Waals surface area contributed by atoms with Crippen LogP contribution in [-0.4, -0.2) is 38.8 Å². The van der Waals surface area contributed by atoms with Gasteiger partial charge in [0.15, 0.2) is 0 Å². The number of nitrogens with one attached hydrogen (secondary N) is 1. The SMILES string of the molecule is COC(=O)c1ccc(Cl)c(NC(=O)c2nn3cnnc3s2)c1. The van der Waals surface area contributed by atoms with E-state index < -0.39 is 11.9 Å². The average molecular weight is 338 g/mol. The minimum absolute atomic E-state index is 0.199. The van der Waals surface area contributed by atoms with Gasteiger partial charge in [-0.1, -0.05) is 22.9 Å². The van der Waals surface area contributed by atoms with Gasteiger partial charge in [0, 0.05) is 0 Å². The summed E-state index contributed by atoms with van der Waals surface area (Å²) in [6, 6.07) is 4.45. The number of ether oxygens (including phenoxy) is 1. The Morgan fingerprint density at radius 3 is 2.95 bits per heavy atom.